The average Bonchev–Trinajstić information content (AvgIpc) is 2.22. The molecule has 0 amide bonds. The van der Waals surface area contributed by atoms with Gasteiger partial charge in [0.2, 0.25) is 0 Å². The molecule has 1 aromatic rings. The van der Waals surface area contributed by atoms with Gasteiger partial charge in [0.05, 0.1) is 21.3 Å². The Morgan fingerprint density at radius 2 is 2.33 bits per heavy atom. The molecule has 1 rings (SSSR count). The summed E-state index contributed by atoms with van der Waals surface area (Å²) in [5.74, 6) is -1.41. The van der Waals surface area contributed by atoms with Crippen LogP contribution in [0.4, 0.5) is 4.39 Å². The lowest BCUT2D eigenvalue weighted by molar-refractivity contribution is 0.0521. The number of halogens is 2. The van der Waals surface area contributed by atoms with Crippen LogP contribution in [0.2, 0.25) is 0 Å². The highest BCUT2D eigenvalue weighted by Crippen LogP contribution is 2.20. The van der Waals surface area contributed by atoms with E-state index in [2.05, 4.69) is 4.74 Å². The van der Waals surface area contributed by atoms with Crippen molar-refractivity contribution in [2.75, 3.05) is 6.61 Å². The van der Waals surface area contributed by atoms with Crippen molar-refractivity contribution in [2.45, 2.75) is 6.92 Å². The van der Waals surface area contributed by atoms with Crippen molar-refractivity contribution in [1.29, 1.82) is 5.26 Å². The Bertz CT molecular complexity index is 440. The SMILES string of the molecule is CCOC(=O)c1ccc(C#N)c(I)c1F. The molecule has 0 saturated carbocycles. The van der Waals surface area contributed by atoms with E-state index in [0.717, 1.165) is 0 Å². The summed E-state index contributed by atoms with van der Waals surface area (Å²) in [5.41, 5.74) is 0.0707. The van der Waals surface area contributed by atoms with Gasteiger partial charge in [0, 0.05) is 0 Å². The second kappa shape index (κ2) is 5.07. The number of nitrogens with zero attached hydrogens (tertiary/aromatic N) is 1. The standard InChI is InChI=1S/C10H7FINO2/c1-2-15-10(14)7-4-3-6(5-13)9(12)8(7)11/h3-4H,2H2,1H3. The van der Waals surface area contributed by atoms with Crippen LogP contribution in [0.15, 0.2) is 12.1 Å². The number of hydrogen-bond acceptors (Lipinski definition) is 3. The van der Waals surface area contributed by atoms with Crippen LogP contribution >= 0.6 is 22.6 Å². The van der Waals surface area contributed by atoms with Gasteiger partial charge >= 0.3 is 5.97 Å². The number of hydrogen-bond donors (Lipinski definition) is 0. The number of esters is 1. The van der Waals surface area contributed by atoms with E-state index in [9.17, 15) is 9.18 Å². The maximum Gasteiger partial charge on any atom is 0.341 e. The predicted octanol–water partition coefficient (Wildman–Crippen LogP) is 2.48. The van der Waals surface area contributed by atoms with Crippen molar-refractivity contribution in [1.82, 2.24) is 0 Å². The van der Waals surface area contributed by atoms with Gasteiger partial charge in [-0.15, -0.1) is 0 Å². The molecule has 0 saturated heterocycles. The summed E-state index contributed by atoms with van der Waals surface area (Å²) < 4.78 is 18.4. The summed E-state index contributed by atoms with van der Waals surface area (Å²) in [7, 11) is 0. The smallest absolute Gasteiger partial charge is 0.341 e. The zero-order valence-electron chi connectivity index (χ0n) is 7.88. The first kappa shape index (κ1) is 11.9. The van der Waals surface area contributed by atoms with Gasteiger partial charge in [-0.3, -0.25) is 0 Å². The van der Waals surface area contributed by atoms with Crippen LogP contribution in [0.1, 0.15) is 22.8 Å². The first-order valence-corrected chi connectivity index (χ1v) is 5.25. The van der Waals surface area contributed by atoms with Gasteiger partial charge in [0.25, 0.3) is 0 Å². The van der Waals surface area contributed by atoms with E-state index in [1.54, 1.807) is 29.5 Å². The van der Waals surface area contributed by atoms with Crippen LogP contribution in [-0.2, 0) is 4.74 Å². The molecule has 0 heterocycles. The molecule has 0 bridgehead atoms. The highest BCUT2D eigenvalue weighted by molar-refractivity contribution is 14.1. The van der Waals surface area contributed by atoms with Crippen molar-refractivity contribution in [2.24, 2.45) is 0 Å². The molecule has 5 heteroatoms. The number of nitriles is 1. The van der Waals surface area contributed by atoms with Crippen LogP contribution in [0, 0.1) is 20.7 Å². The Morgan fingerprint density at radius 3 is 2.87 bits per heavy atom. The first-order valence-electron chi connectivity index (χ1n) is 4.17. The van der Waals surface area contributed by atoms with E-state index in [1.165, 1.54) is 12.1 Å². The van der Waals surface area contributed by atoms with Gasteiger partial charge in [0.15, 0.2) is 5.82 Å². The van der Waals surface area contributed by atoms with Crippen molar-refractivity contribution < 1.29 is 13.9 Å². The molecule has 0 aliphatic heterocycles. The maximum atomic E-state index is 13.6. The van der Waals surface area contributed by atoms with E-state index in [4.69, 9.17) is 5.26 Å². The largest absolute Gasteiger partial charge is 0.462 e. The molecule has 78 valence electrons. The van der Waals surface area contributed by atoms with Gasteiger partial charge in [-0.05, 0) is 41.6 Å². The summed E-state index contributed by atoms with van der Waals surface area (Å²) in [6.45, 7) is 1.83. The molecule has 0 aromatic heterocycles. The zero-order valence-corrected chi connectivity index (χ0v) is 10.0. The predicted molar refractivity (Wildman–Crippen MR) is 59.8 cm³/mol. The van der Waals surface area contributed by atoms with Crippen LogP contribution < -0.4 is 0 Å². The van der Waals surface area contributed by atoms with Crippen LogP contribution in [0.25, 0.3) is 0 Å². The molecule has 0 radical (unpaired) electrons. The molecule has 0 aliphatic carbocycles. The van der Waals surface area contributed by atoms with E-state index >= 15 is 0 Å². The number of carbonyl (C=O) groups excluding carboxylic acids is 1. The Labute approximate surface area is 100.0 Å². The lowest BCUT2D eigenvalue weighted by Gasteiger charge is -2.05. The van der Waals surface area contributed by atoms with Crippen molar-refractivity contribution in [3.63, 3.8) is 0 Å². The molecule has 0 fully saturated rings. The number of benzene rings is 1. The van der Waals surface area contributed by atoms with Gasteiger partial charge < -0.3 is 4.74 Å². The third-order valence-electron chi connectivity index (χ3n) is 1.70. The Hall–Kier alpha value is -1.16. The Morgan fingerprint density at radius 1 is 1.67 bits per heavy atom. The molecular formula is C10H7FINO2. The molecule has 3 nitrogen and oxygen atoms in total. The van der Waals surface area contributed by atoms with Gasteiger partial charge in [-0.1, -0.05) is 0 Å². The summed E-state index contributed by atoms with van der Waals surface area (Å²) in [6, 6.07) is 4.49. The van der Waals surface area contributed by atoms with Gasteiger partial charge in [0.1, 0.15) is 6.07 Å². The fourth-order valence-corrected chi connectivity index (χ4v) is 1.59. The second-order valence-corrected chi connectivity index (χ2v) is 3.70. The van der Waals surface area contributed by atoms with Gasteiger partial charge in [-0.25, -0.2) is 9.18 Å². The minimum absolute atomic E-state index is 0.139. The Kier molecular flexibility index (Phi) is 4.03. The monoisotopic (exact) mass is 319 g/mol. The molecule has 1 aromatic carbocycles. The molecule has 0 spiro atoms. The summed E-state index contributed by atoms with van der Waals surface area (Å²) >= 11 is 1.69. The van der Waals surface area contributed by atoms with Crippen LogP contribution in [0.3, 0.4) is 0 Å². The molecular weight excluding hydrogens is 312 g/mol. The third-order valence-corrected chi connectivity index (χ3v) is 2.75. The van der Waals surface area contributed by atoms with Crippen molar-refractivity contribution in [3.05, 3.63) is 32.6 Å². The topological polar surface area (TPSA) is 50.1 Å². The maximum absolute atomic E-state index is 13.6. The fraction of sp³-hybridized carbons (Fsp3) is 0.200. The highest BCUT2D eigenvalue weighted by atomic mass is 127. The van der Waals surface area contributed by atoms with E-state index in [1.807, 2.05) is 6.07 Å². The molecule has 0 aliphatic rings. The molecule has 15 heavy (non-hydrogen) atoms. The zero-order chi connectivity index (χ0) is 11.4. The first-order chi connectivity index (χ1) is 7.11. The van der Waals surface area contributed by atoms with Gasteiger partial charge in [-0.2, -0.15) is 5.26 Å². The quantitative estimate of drug-likeness (QED) is 0.622. The summed E-state index contributed by atoms with van der Waals surface area (Å²) in [4.78, 5) is 11.3. The number of carbonyl (C=O) groups is 1. The summed E-state index contributed by atoms with van der Waals surface area (Å²) in [6.07, 6.45) is 0. The van der Waals surface area contributed by atoms with E-state index in [0.29, 0.717) is 0 Å². The molecule has 0 unspecified atom stereocenters. The van der Waals surface area contributed by atoms with Crippen molar-refractivity contribution >= 4 is 28.6 Å². The minimum atomic E-state index is -0.711. The highest BCUT2D eigenvalue weighted by Gasteiger charge is 2.17. The number of rotatable bonds is 2. The third kappa shape index (κ3) is 2.45. The van der Waals surface area contributed by atoms with Crippen LogP contribution in [-0.4, -0.2) is 12.6 Å². The van der Waals surface area contributed by atoms with Crippen molar-refractivity contribution in [3.8, 4) is 6.07 Å². The van der Waals surface area contributed by atoms with Crippen LogP contribution in [0.5, 0.6) is 0 Å². The lowest BCUT2D eigenvalue weighted by atomic mass is 10.1. The normalized spacial score (nSPS) is 9.47. The molecule has 0 N–H and O–H groups in total. The second-order valence-electron chi connectivity index (χ2n) is 2.62. The number of ether oxygens (including phenoxy) is 1. The lowest BCUT2D eigenvalue weighted by Crippen LogP contribution is -2.08. The summed E-state index contributed by atoms with van der Waals surface area (Å²) in [5, 5.41) is 8.64. The van der Waals surface area contributed by atoms with E-state index in [-0.39, 0.29) is 21.3 Å². The molecule has 0 atom stereocenters. The average molecular weight is 319 g/mol. The minimum Gasteiger partial charge on any atom is -0.462 e. The Balaban J connectivity index is 3.19. The van der Waals surface area contributed by atoms with E-state index < -0.39 is 11.8 Å². The fourth-order valence-electron chi connectivity index (χ4n) is 1.00.